The van der Waals surface area contributed by atoms with Gasteiger partial charge in [0.25, 0.3) is 5.91 Å². The molecule has 0 radical (unpaired) electrons. The van der Waals surface area contributed by atoms with Gasteiger partial charge in [0, 0.05) is 24.1 Å². The molecular formula is C18H19NO3. The van der Waals surface area contributed by atoms with Crippen LogP contribution in [0.2, 0.25) is 0 Å². The minimum Gasteiger partial charge on any atom is -0.391 e. The summed E-state index contributed by atoms with van der Waals surface area (Å²) in [7, 11) is 0. The molecule has 0 heterocycles. The summed E-state index contributed by atoms with van der Waals surface area (Å²) < 4.78 is 0. The number of rotatable bonds is 6. The minimum absolute atomic E-state index is 0.0368. The first kappa shape index (κ1) is 15.9. The van der Waals surface area contributed by atoms with E-state index in [9.17, 15) is 14.7 Å². The summed E-state index contributed by atoms with van der Waals surface area (Å²) in [6, 6.07) is 16.1. The van der Waals surface area contributed by atoms with Gasteiger partial charge in [-0.1, -0.05) is 42.5 Å². The Morgan fingerprint density at radius 1 is 1.00 bits per heavy atom. The summed E-state index contributed by atoms with van der Waals surface area (Å²) in [6.07, 6.45) is -0.146. The van der Waals surface area contributed by atoms with Crippen molar-refractivity contribution in [1.29, 1.82) is 0 Å². The van der Waals surface area contributed by atoms with E-state index in [1.165, 1.54) is 6.92 Å². The first-order valence-corrected chi connectivity index (χ1v) is 7.17. The van der Waals surface area contributed by atoms with Crippen LogP contribution in [0.5, 0.6) is 0 Å². The lowest BCUT2D eigenvalue weighted by Crippen LogP contribution is -2.33. The third-order valence-electron chi connectivity index (χ3n) is 3.37. The van der Waals surface area contributed by atoms with Gasteiger partial charge < -0.3 is 10.4 Å². The van der Waals surface area contributed by atoms with E-state index < -0.39 is 6.10 Å². The van der Waals surface area contributed by atoms with E-state index in [1.807, 2.05) is 30.3 Å². The van der Waals surface area contributed by atoms with Gasteiger partial charge in [0.05, 0.1) is 6.10 Å². The quantitative estimate of drug-likeness (QED) is 0.803. The molecule has 1 unspecified atom stereocenters. The van der Waals surface area contributed by atoms with Crippen molar-refractivity contribution in [2.45, 2.75) is 19.4 Å². The van der Waals surface area contributed by atoms with Crippen molar-refractivity contribution in [3.8, 4) is 0 Å². The molecule has 2 N–H and O–H groups in total. The van der Waals surface area contributed by atoms with Crippen LogP contribution in [0.1, 0.15) is 33.2 Å². The number of ketones is 1. The molecule has 4 heteroatoms. The third-order valence-corrected chi connectivity index (χ3v) is 3.37. The van der Waals surface area contributed by atoms with Crippen LogP contribution in [-0.4, -0.2) is 29.4 Å². The van der Waals surface area contributed by atoms with E-state index in [-0.39, 0.29) is 18.2 Å². The average Bonchev–Trinajstić information content (AvgIpc) is 2.53. The van der Waals surface area contributed by atoms with Crippen molar-refractivity contribution in [2.24, 2.45) is 0 Å². The zero-order chi connectivity index (χ0) is 15.9. The van der Waals surface area contributed by atoms with Crippen molar-refractivity contribution < 1.29 is 14.7 Å². The summed E-state index contributed by atoms with van der Waals surface area (Å²) in [5.74, 6) is -0.299. The van der Waals surface area contributed by atoms with Crippen LogP contribution >= 0.6 is 0 Å². The fraction of sp³-hybridized carbons (Fsp3) is 0.222. The first-order chi connectivity index (χ1) is 10.6. The Bertz CT molecular complexity index is 635. The number of hydrogen-bond acceptors (Lipinski definition) is 3. The van der Waals surface area contributed by atoms with E-state index in [0.717, 1.165) is 5.56 Å². The molecule has 4 nitrogen and oxygen atoms in total. The minimum atomic E-state index is -0.636. The summed E-state index contributed by atoms with van der Waals surface area (Å²) in [5, 5.41) is 12.6. The molecule has 0 aliphatic rings. The van der Waals surface area contributed by atoms with E-state index in [4.69, 9.17) is 0 Å². The molecule has 2 aromatic carbocycles. The SMILES string of the molecule is CC(=O)c1ccc(C(=O)NCC(O)Cc2ccccc2)cc1. The van der Waals surface area contributed by atoms with Gasteiger partial charge in [-0.05, 0) is 24.6 Å². The van der Waals surface area contributed by atoms with Crippen molar-refractivity contribution in [1.82, 2.24) is 5.32 Å². The lowest BCUT2D eigenvalue weighted by molar-refractivity contribution is 0.0915. The molecule has 0 spiro atoms. The van der Waals surface area contributed by atoms with Crippen LogP contribution in [0, 0.1) is 0 Å². The highest BCUT2D eigenvalue weighted by molar-refractivity contribution is 5.97. The number of hydrogen-bond donors (Lipinski definition) is 2. The molecule has 0 aliphatic heterocycles. The van der Waals surface area contributed by atoms with Gasteiger partial charge in [0.1, 0.15) is 0 Å². The molecule has 0 saturated carbocycles. The van der Waals surface area contributed by atoms with E-state index in [2.05, 4.69) is 5.32 Å². The highest BCUT2D eigenvalue weighted by atomic mass is 16.3. The molecule has 2 rings (SSSR count). The van der Waals surface area contributed by atoms with Crippen LogP contribution in [0.25, 0.3) is 0 Å². The zero-order valence-corrected chi connectivity index (χ0v) is 12.5. The van der Waals surface area contributed by atoms with Crippen LogP contribution in [0.15, 0.2) is 54.6 Å². The smallest absolute Gasteiger partial charge is 0.251 e. The fourth-order valence-electron chi connectivity index (χ4n) is 2.13. The number of aliphatic hydroxyl groups is 1. The zero-order valence-electron chi connectivity index (χ0n) is 12.5. The lowest BCUT2D eigenvalue weighted by atomic mass is 10.1. The Balaban J connectivity index is 1.85. The van der Waals surface area contributed by atoms with Gasteiger partial charge in [-0.2, -0.15) is 0 Å². The number of nitrogens with one attached hydrogen (secondary N) is 1. The monoisotopic (exact) mass is 297 g/mol. The van der Waals surface area contributed by atoms with Gasteiger partial charge in [0.15, 0.2) is 5.78 Å². The Labute approximate surface area is 129 Å². The maximum absolute atomic E-state index is 12.0. The predicted molar refractivity (Wildman–Crippen MR) is 84.9 cm³/mol. The van der Waals surface area contributed by atoms with Gasteiger partial charge >= 0.3 is 0 Å². The number of Topliss-reactive ketones (excluding diaryl/α,β-unsaturated/α-hetero) is 1. The number of aliphatic hydroxyl groups excluding tert-OH is 1. The van der Waals surface area contributed by atoms with Crippen molar-refractivity contribution >= 4 is 11.7 Å². The largest absolute Gasteiger partial charge is 0.391 e. The molecule has 1 amide bonds. The lowest BCUT2D eigenvalue weighted by Gasteiger charge is -2.12. The first-order valence-electron chi connectivity index (χ1n) is 7.17. The topological polar surface area (TPSA) is 66.4 Å². The van der Waals surface area contributed by atoms with Crippen molar-refractivity contribution in [3.63, 3.8) is 0 Å². The van der Waals surface area contributed by atoms with Crippen LogP contribution < -0.4 is 5.32 Å². The standard InChI is InChI=1S/C18H19NO3/c1-13(20)15-7-9-16(10-8-15)18(22)19-12-17(21)11-14-5-3-2-4-6-14/h2-10,17,21H,11-12H2,1H3,(H,19,22). The van der Waals surface area contributed by atoms with Crippen LogP contribution in [0.3, 0.4) is 0 Å². The molecule has 114 valence electrons. The van der Waals surface area contributed by atoms with Gasteiger partial charge in [-0.15, -0.1) is 0 Å². The van der Waals surface area contributed by atoms with E-state index >= 15 is 0 Å². The number of benzene rings is 2. The summed E-state index contributed by atoms with van der Waals surface area (Å²) in [4.78, 5) is 23.2. The van der Waals surface area contributed by atoms with E-state index in [0.29, 0.717) is 17.5 Å². The summed E-state index contributed by atoms with van der Waals surface area (Å²) in [6.45, 7) is 1.66. The van der Waals surface area contributed by atoms with Crippen LogP contribution in [0.4, 0.5) is 0 Å². The van der Waals surface area contributed by atoms with Crippen molar-refractivity contribution in [2.75, 3.05) is 6.54 Å². The normalized spacial score (nSPS) is 11.7. The number of amides is 1. The summed E-state index contributed by atoms with van der Waals surface area (Å²) >= 11 is 0. The Kier molecular flexibility index (Phi) is 5.44. The third kappa shape index (κ3) is 4.53. The number of carbonyl (C=O) groups is 2. The molecule has 0 aromatic heterocycles. The second kappa shape index (κ2) is 7.52. The fourth-order valence-corrected chi connectivity index (χ4v) is 2.13. The van der Waals surface area contributed by atoms with Gasteiger partial charge in [0.2, 0.25) is 0 Å². The molecule has 0 fully saturated rings. The molecule has 0 bridgehead atoms. The highest BCUT2D eigenvalue weighted by Gasteiger charge is 2.10. The molecular weight excluding hydrogens is 278 g/mol. The molecule has 22 heavy (non-hydrogen) atoms. The Morgan fingerprint density at radius 3 is 2.18 bits per heavy atom. The maximum Gasteiger partial charge on any atom is 0.251 e. The average molecular weight is 297 g/mol. The van der Waals surface area contributed by atoms with Crippen molar-refractivity contribution in [3.05, 3.63) is 71.3 Å². The highest BCUT2D eigenvalue weighted by Crippen LogP contribution is 2.06. The molecule has 2 aromatic rings. The van der Waals surface area contributed by atoms with E-state index in [1.54, 1.807) is 24.3 Å². The maximum atomic E-state index is 12.0. The van der Waals surface area contributed by atoms with Gasteiger partial charge in [-0.3, -0.25) is 9.59 Å². The van der Waals surface area contributed by atoms with Gasteiger partial charge in [-0.25, -0.2) is 0 Å². The molecule has 1 atom stereocenters. The molecule has 0 aliphatic carbocycles. The Morgan fingerprint density at radius 2 is 1.59 bits per heavy atom. The second-order valence-corrected chi connectivity index (χ2v) is 5.19. The van der Waals surface area contributed by atoms with Crippen LogP contribution in [-0.2, 0) is 6.42 Å². The predicted octanol–water partition coefficient (Wildman–Crippen LogP) is 2.22. The summed E-state index contributed by atoms with van der Waals surface area (Å²) in [5.41, 5.74) is 2.06. The Hall–Kier alpha value is -2.46. The number of carbonyl (C=O) groups excluding carboxylic acids is 2. The second-order valence-electron chi connectivity index (χ2n) is 5.19. The molecule has 0 saturated heterocycles.